The molecule has 3 unspecified atom stereocenters. The van der Waals surface area contributed by atoms with Gasteiger partial charge in [-0.05, 0) is 41.7 Å². The van der Waals surface area contributed by atoms with Crippen LogP contribution in [0.5, 0.6) is 0 Å². The number of rotatable bonds is 2. The maximum absolute atomic E-state index is 13.3. The summed E-state index contributed by atoms with van der Waals surface area (Å²) in [7, 11) is 0. The van der Waals surface area contributed by atoms with E-state index in [1.54, 1.807) is 0 Å². The lowest BCUT2D eigenvalue weighted by atomic mass is 9.76. The maximum atomic E-state index is 13.3. The summed E-state index contributed by atoms with van der Waals surface area (Å²) in [6.45, 7) is 2.50. The molecule has 5 heteroatoms. The van der Waals surface area contributed by atoms with E-state index in [2.05, 4.69) is 29.6 Å². The van der Waals surface area contributed by atoms with Gasteiger partial charge in [0.1, 0.15) is 0 Å². The van der Waals surface area contributed by atoms with Crippen LogP contribution in [-0.2, 0) is 4.74 Å². The molecule has 1 fully saturated rings. The number of benzene rings is 2. The number of fused-ring (bicyclic) bond motifs is 3. The number of carbonyl (C=O) groups excluding carboxylic acids is 1. The normalized spacial score (nSPS) is 25.8. The Hall–Kier alpha value is -2.30. The number of hydrogen-bond donors (Lipinski definition) is 1. The largest absolute Gasteiger partial charge is 0.378 e. The lowest BCUT2D eigenvalue weighted by molar-refractivity contribution is 0.0303. The fourth-order valence-corrected chi connectivity index (χ4v) is 4.97. The molecule has 0 aromatic heterocycles. The van der Waals surface area contributed by atoms with E-state index >= 15 is 0 Å². The molecule has 0 spiro atoms. The van der Waals surface area contributed by atoms with Gasteiger partial charge in [0.15, 0.2) is 0 Å². The number of ether oxygens (including phenoxy) is 1. The van der Waals surface area contributed by atoms with E-state index in [0.29, 0.717) is 38.1 Å². The molecule has 0 saturated carbocycles. The monoisotopic (exact) mass is 394 g/mol. The molecule has 3 aliphatic rings. The van der Waals surface area contributed by atoms with Gasteiger partial charge in [0.25, 0.3) is 5.91 Å². The van der Waals surface area contributed by atoms with Crippen molar-refractivity contribution in [3.05, 3.63) is 76.3 Å². The number of para-hydroxylation sites is 1. The van der Waals surface area contributed by atoms with Crippen molar-refractivity contribution in [2.24, 2.45) is 5.92 Å². The summed E-state index contributed by atoms with van der Waals surface area (Å²) in [5.74, 6) is 0.829. The molecule has 0 bridgehead atoms. The smallest absolute Gasteiger partial charge is 0.256 e. The highest BCUT2D eigenvalue weighted by Crippen LogP contribution is 2.50. The third-order valence-electron chi connectivity index (χ3n) is 6.13. The molecule has 1 N–H and O–H groups in total. The number of carbonyl (C=O) groups is 1. The van der Waals surface area contributed by atoms with Crippen molar-refractivity contribution < 1.29 is 9.53 Å². The van der Waals surface area contributed by atoms with Crippen molar-refractivity contribution in [3.63, 3.8) is 0 Å². The Bertz CT molecular complexity index is 936. The Morgan fingerprint density at radius 2 is 1.96 bits per heavy atom. The number of amides is 1. The standard InChI is InChI=1S/C23H23ClN2O2/c24-16-5-1-4-15(14-16)21-18-7-2-6-17(18)19-8-3-9-20(22(19)25-21)23(27)26-10-12-28-13-11-26/h1-6,8-9,14,17-18,21,25H,7,10-13H2. The first-order chi connectivity index (χ1) is 13.7. The number of morpholine rings is 1. The molecule has 1 amide bonds. The molecule has 3 atom stereocenters. The quantitative estimate of drug-likeness (QED) is 0.754. The Morgan fingerprint density at radius 1 is 1.14 bits per heavy atom. The van der Waals surface area contributed by atoms with Gasteiger partial charge in [0.2, 0.25) is 0 Å². The van der Waals surface area contributed by atoms with Gasteiger partial charge >= 0.3 is 0 Å². The Labute approximate surface area is 170 Å². The van der Waals surface area contributed by atoms with Gasteiger partial charge < -0.3 is 15.0 Å². The van der Waals surface area contributed by atoms with Crippen molar-refractivity contribution in [2.45, 2.75) is 18.4 Å². The van der Waals surface area contributed by atoms with Crippen LogP contribution < -0.4 is 5.32 Å². The summed E-state index contributed by atoms with van der Waals surface area (Å²) in [5.41, 5.74) is 4.11. The number of halogens is 1. The molecule has 28 heavy (non-hydrogen) atoms. The second kappa shape index (κ2) is 7.26. The predicted molar refractivity (Wildman–Crippen MR) is 111 cm³/mol. The average Bonchev–Trinajstić information content (AvgIpc) is 3.23. The van der Waals surface area contributed by atoms with Crippen LogP contribution in [0.2, 0.25) is 5.02 Å². The van der Waals surface area contributed by atoms with Gasteiger partial charge in [-0.25, -0.2) is 0 Å². The first kappa shape index (κ1) is 17.8. The minimum absolute atomic E-state index is 0.0814. The van der Waals surface area contributed by atoms with Gasteiger partial charge in [-0.1, -0.05) is 48.0 Å². The van der Waals surface area contributed by atoms with E-state index in [1.165, 1.54) is 11.1 Å². The summed E-state index contributed by atoms with van der Waals surface area (Å²) >= 11 is 6.27. The first-order valence-corrected chi connectivity index (χ1v) is 10.3. The molecule has 5 rings (SSSR count). The van der Waals surface area contributed by atoms with Crippen molar-refractivity contribution in [3.8, 4) is 0 Å². The van der Waals surface area contributed by atoms with E-state index in [0.717, 1.165) is 22.7 Å². The summed E-state index contributed by atoms with van der Waals surface area (Å²) in [5, 5.41) is 4.46. The lowest BCUT2D eigenvalue weighted by Gasteiger charge is -2.39. The number of allylic oxidation sites excluding steroid dienone is 2. The zero-order chi connectivity index (χ0) is 19.1. The van der Waals surface area contributed by atoms with E-state index < -0.39 is 0 Å². The van der Waals surface area contributed by atoms with Crippen molar-refractivity contribution in [1.82, 2.24) is 4.90 Å². The van der Waals surface area contributed by atoms with Crippen LogP contribution in [-0.4, -0.2) is 37.1 Å². The molecule has 2 heterocycles. The molecular formula is C23H23ClN2O2. The first-order valence-electron chi connectivity index (χ1n) is 9.91. The number of hydrogen-bond acceptors (Lipinski definition) is 3. The van der Waals surface area contributed by atoms with Crippen LogP contribution in [0.3, 0.4) is 0 Å². The van der Waals surface area contributed by atoms with E-state index in [-0.39, 0.29) is 11.9 Å². The minimum atomic E-state index is 0.0814. The van der Waals surface area contributed by atoms with Crippen molar-refractivity contribution in [2.75, 3.05) is 31.6 Å². The van der Waals surface area contributed by atoms with E-state index in [4.69, 9.17) is 16.3 Å². The molecule has 2 aromatic carbocycles. The summed E-state index contributed by atoms with van der Waals surface area (Å²) < 4.78 is 5.41. The van der Waals surface area contributed by atoms with Gasteiger partial charge in [0.05, 0.1) is 30.5 Å². The second-order valence-electron chi connectivity index (χ2n) is 7.70. The molecule has 1 aliphatic carbocycles. The van der Waals surface area contributed by atoms with Crippen molar-refractivity contribution in [1.29, 1.82) is 0 Å². The molecule has 2 aromatic rings. The Balaban J connectivity index is 1.56. The van der Waals surface area contributed by atoms with Crippen molar-refractivity contribution >= 4 is 23.2 Å². The van der Waals surface area contributed by atoms with Crippen LogP contribution in [0.4, 0.5) is 5.69 Å². The molecule has 144 valence electrons. The number of nitrogens with zero attached hydrogens (tertiary/aromatic N) is 1. The lowest BCUT2D eigenvalue weighted by Crippen LogP contribution is -2.41. The van der Waals surface area contributed by atoms with Gasteiger partial charge in [-0.15, -0.1) is 0 Å². The summed E-state index contributed by atoms with van der Waals surface area (Å²) in [4.78, 5) is 15.1. The van der Waals surface area contributed by atoms with Crippen LogP contribution in [0.25, 0.3) is 0 Å². The van der Waals surface area contributed by atoms with E-state index in [9.17, 15) is 4.79 Å². The number of nitrogens with one attached hydrogen (secondary N) is 1. The highest BCUT2D eigenvalue weighted by Gasteiger charge is 2.39. The van der Waals surface area contributed by atoms with Gasteiger partial charge in [-0.3, -0.25) is 4.79 Å². The Kier molecular flexibility index (Phi) is 4.61. The molecule has 0 radical (unpaired) electrons. The topological polar surface area (TPSA) is 41.6 Å². The average molecular weight is 395 g/mol. The highest BCUT2D eigenvalue weighted by atomic mass is 35.5. The predicted octanol–water partition coefficient (Wildman–Crippen LogP) is 4.64. The zero-order valence-electron chi connectivity index (χ0n) is 15.6. The molecule has 1 saturated heterocycles. The third-order valence-corrected chi connectivity index (χ3v) is 6.37. The van der Waals surface area contributed by atoms with Gasteiger partial charge in [0, 0.05) is 24.0 Å². The summed E-state index contributed by atoms with van der Waals surface area (Å²) in [6.07, 6.45) is 5.58. The van der Waals surface area contributed by atoms with Crippen LogP contribution in [0, 0.1) is 5.92 Å². The van der Waals surface area contributed by atoms with E-state index in [1.807, 2.05) is 35.2 Å². The molecule has 2 aliphatic heterocycles. The Morgan fingerprint density at radius 3 is 2.79 bits per heavy atom. The van der Waals surface area contributed by atoms with Gasteiger partial charge in [-0.2, -0.15) is 0 Å². The molecular weight excluding hydrogens is 372 g/mol. The third kappa shape index (κ3) is 3.01. The summed E-state index contributed by atoms with van der Waals surface area (Å²) in [6, 6.07) is 14.3. The molecule has 4 nitrogen and oxygen atoms in total. The van der Waals surface area contributed by atoms with Crippen LogP contribution >= 0.6 is 11.6 Å². The fraction of sp³-hybridized carbons (Fsp3) is 0.348. The van der Waals surface area contributed by atoms with Crippen LogP contribution in [0.15, 0.2) is 54.6 Å². The minimum Gasteiger partial charge on any atom is -0.378 e. The number of anilines is 1. The fourth-order valence-electron chi connectivity index (χ4n) is 4.77. The maximum Gasteiger partial charge on any atom is 0.256 e. The highest BCUT2D eigenvalue weighted by molar-refractivity contribution is 6.30. The SMILES string of the molecule is O=C(c1cccc2c1NC(c1cccc(Cl)c1)C1CC=CC21)N1CCOCC1. The van der Waals surface area contributed by atoms with Crippen LogP contribution in [0.1, 0.15) is 39.9 Å². The zero-order valence-corrected chi connectivity index (χ0v) is 16.4. The second-order valence-corrected chi connectivity index (χ2v) is 8.14.